The molecule has 0 bridgehead atoms. The van der Waals surface area contributed by atoms with E-state index in [0.29, 0.717) is 11.5 Å². The normalized spacial score (nSPS) is 15.3. The first-order valence-corrected chi connectivity index (χ1v) is 11.1. The molecule has 146 valence electrons. The van der Waals surface area contributed by atoms with E-state index in [1.165, 1.54) is 11.8 Å². The lowest BCUT2D eigenvalue weighted by Crippen LogP contribution is -2.38. The molecule has 7 nitrogen and oxygen atoms in total. The Morgan fingerprint density at radius 1 is 1.15 bits per heavy atom. The summed E-state index contributed by atoms with van der Waals surface area (Å²) in [5, 5.41) is 10.0. The first-order chi connectivity index (χ1) is 12.9. The third kappa shape index (κ3) is 5.44. The molecule has 1 aliphatic heterocycles. The lowest BCUT2D eigenvalue weighted by Gasteiger charge is -2.30. The van der Waals surface area contributed by atoms with Crippen LogP contribution in [0.2, 0.25) is 0 Å². The number of hydrogen-bond acceptors (Lipinski definition) is 7. The maximum atomic E-state index is 12.4. The van der Waals surface area contributed by atoms with E-state index in [2.05, 4.69) is 27.1 Å². The van der Waals surface area contributed by atoms with Gasteiger partial charge in [0.1, 0.15) is 5.82 Å². The Hall–Kier alpha value is -1.61. The average molecular weight is 407 g/mol. The zero-order valence-electron chi connectivity index (χ0n) is 16.3. The summed E-state index contributed by atoms with van der Waals surface area (Å²) in [6, 6.07) is 1.96. The van der Waals surface area contributed by atoms with Gasteiger partial charge in [0, 0.05) is 31.5 Å². The molecule has 0 spiro atoms. The Morgan fingerprint density at radius 2 is 1.81 bits per heavy atom. The average Bonchev–Trinajstić information content (AvgIpc) is 2.97. The first kappa shape index (κ1) is 20.1. The van der Waals surface area contributed by atoms with Gasteiger partial charge in [-0.15, -0.1) is 10.2 Å². The fourth-order valence-corrected chi connectivity index (χ4v) is 4.72. The molecule has 0 saturated carbocycles. The summed E-state index contributed by atoms with van der Waals surface area (Å²) in [5.74, 6) is 2.82. The van der Waals surface area contributed by atoms with Crippen molar-refractivity contribution in [3.8, 4) is 0 Å². The maximum Gasteiger partial charge on any atom is 0.233 e. The van der Waals surface area contributed by atoms with E-state index >= 15 is 0 Å². The van der Waals surface area contributed by atoms with Crippen LogP contribution in [0.15, 0.2) is 16.4 Å². The number of likely N-dealkylation sites (tertiary alicyclic amines) is 1. The molecular weight excluding hydrogens is 380 g/mol. The van der Waals surface area contributed by atoms with E-state index < -0.39 is 0 Å². The molecule has 3 rings (SSSR count). The number of carbonyl (C=O) groups excluding carboxylic acids is 1. The fraction of sp³-hybridized carbons (Fsp3) is 0.611. The molecule has 0 aliphatic carbocycles. The van der Waals surface area contributed by atoms with Crippen molar-refractivity contribution in [1.29, 1.82) is 0 Å². The van der Waals surface area contributed by atoms with Gasteiger partial charge in [-0.2, -0.15) is 0 Å². The molecule has 1 fully saturated rings. The Bertz CT molecular complexity index is 781. The van der Waals surface area contributed by atoms with Gasteiger partial charge in [-0.3, -0.25) is 4.79 Å². The zero-order chi connectivity index (χ0) is 19.4. The Morgan fingerprint density at radius 3 is 2.48 bits per heavy atom. The van der Waals surface area contributed by atoms with Crippen molar-refractivity contribution < 1.29 is 4.79 Å². The summed E-state index contributed by atoms with van der Waals surface area (Å²) in [6.07, 6.45) is 2.20. The number of piperidine rings is 1. The molecule has 1 aliphatic rings. The van der Waals surface area contributed by atoms with Gasteiger partial charge < -0.3 is 9.47 Å². The van der Waals surface area contributed by atoms with Crippen molar-refractivity contribution >= 4 is 29.4 Å². The van der Waals surface area contributed by atoms with Crippen LogP contribution in [0.3, 0.4) is 0 Å². The van der Waals surface area contributed by atoms with Gasteiger partial charge in [0.05, 0.1) is 11.5 Å². The van der Waals surface area contributed by atoms with Crippen LogP contribution in [0.5, 0.6) is 0 Å². The van der Waals surface area contributed by atoms with Crippen LogP contribution in [0, 0.1) is 19.8 Å². The van der Waals surface area contributed by atoms with Crippen LogP contribution in [-0.2, 0) is 17.6 Å². The van der Waals surface area contributed by atoms with E-state index in [1.807, 2.05) is 36.4 Å². The van der Waals surface area contributed by atoms with Crippen LogP contribution in [0.4, 0.5) is 0 Å². The molecular formula is C18H26N6OS2. The van der Waals surface area contributed by atoms with Crippen molar-refractivity contribution in [3.05, 3.63) is 23.3 Å². The summed E-state index contributed by atoms with van der Waals surface area (Å²) in [6.45, 7) is 7.93. The smallest absolute Gasteiger partial charge is 0.233 e. The topological polar surface area (TPSA) is 76.8 Å². The van der Waals surface area contributed by atoms with E-state index in [1.54, 1.807) is 11.8 Å². The van der Waals surface area contributed by atoms with Gasteiger partial charge in [0.15, 0.2) is 10.3 Å². The summed E-state index contributed by atoms with van der Waals surface area (Å²) < 4.78 is 1.95. The number of thioether (sulfide) groups is 2. The fourth-order valence-electron chi connectivity index (χ4n) is 2.96. The highest BCUT2D eigenvalue weighted by molar-refractivity contribution is 7.99. The quantitative estimate of drug-likeness (QED) is 0.539. The van der Waals surface area contributed by atoms with E-state index in [4.69, 9.17) is 0 Å². The molecule has 1 saturated heterocycles. The standard InChI is InChI=1S/C18H26N6OS2/c1-12-5-7-24(8-6-12)16(25)11-27-18-22-21-15(23(18)4)10-26-17-19-13(2)9-14(3)20-17/h9,12H,5-8,10-11H2,1-4H3. The third-order valence-electron chi connectivity index (χ3n) is 4.68. The van der Waals surface area contributed by atoms with E-state index in [9.17, 15) is 4.79 Å². The second-order valence-corrected chi connectivity index (χ2v) is 8.92. The Labute approximate surface area is 168 Å². The minimum absolute atomic E-state index is 0.189. The highest BCUT2D eigenvalue weighted by atomic mass is 32.2. The summed E-state index contributed by atoms with van der Waals surface area (Å²) in [4.78, 5) is 23.2. The predicted octanol–water partition coefficient (Wildman–Crippen LogP) is 2.86. The highest BCUT2D eigenvalue weighted by Crippen LogP contribution is 2.23. The minimum atomic E-state index is 0.189. The minimum Gasteiger partial charge on any atom is -0.342 e. The van der Waals surface area contributed by atoms with Crippen molar-refractivity contribution in [3.63, 3.8) is 0 Å². The summed E-state index contributed by atoms with van der Waals surface area (Å²) in [5.41, 5.74) is 1.93. The van der Waals surface area contributed by atoms with Crippen molar-refractivity contribution in [2.45, 2.75) is 49.7 Å². The third-order valence-corrected chi connectivity index (χ3v) is 6.53. The van der Waals surface area contributed by atoms with Crippen molar-refractivity contribution in [1.82, 2.24) is 29.6 Å². The summed E-state index contributed by atoms with van der Waals surface area (Å²) in [7, 11) is 1.94. The number of rotatable bonds is 6. The van der Waals surface area contributed by atoms with Gasteiger partial charge >= 0.3 is 0 Å². The number of hydrogen-bond donors (Lipinski definition) is 0. The Kier molecular flexibility index (Phi) is 6.75. The lowest BCUT2D eigenvalue weighted by atomic mass is 9.99. The van der Waals surface area contributed by atoms with Gasteiger partial charge in [0.2, 0.25) is 5.91 Å². The first-order valence-electron chi connectivity index (χ1n) is 9.16. The van der Waals surface area contributed by atoms with Crippen LogP contribution in [0.25, 0.3) is 0 Å². The van der Waals surface area contributed by atoms with Crippen LogP contribution < -0.4 is 0 Å². The molecule has 2 aromatic heterocycles. The van der Waals surface area contributed by atoms with Gasteiger partial charge in [-0.25, -0.2) is 9.97 Å². The number of amides is 1. The molecule has 0 aromatic carbocycles. The van der Waals surface area contributed by atoms with Gasteiger partial charge in [0.25, 0.3) is 0 Å². The monoisotopic (exact) mass is 406 g/mol. The molecule has 2 aromatic rings. The second-order valence-electron chi connectivity index (χ2n) is 7.03. The van der Waals surface area contributed by atoms with E-state index in [0.717, 1.165) is 59.4 Å². The summed E-state index contributed by atoms with van der Waals surface area (Å²) >= 11 is 3.00. The molecule has 0 radical (unpaired) electrons. The van der Waals surface area contributed by atoms with Crippen LogP contribution in [0.1, 0.15) is 37.0 Å². The number of nitrogens with zero attached hydrogens (tertiary/aromatic N) is 6. The number of carbonyl (C=O) groups is 1. The lowest BCUT2D eigenvalue weighted by molar-refractivity contribution is -0.129. The molecule has 1 amide bonds. The molecule has 0 unspecified atom stereocenters. The van der Waals surface area contributed by atoms with Gasteiger partial charge in [-0.05, 0) is 38.7 Å². The number of aryl methyl sites for hydroxylation is 2. The molecule has 0 N–H and O–H groups in total. The number of aromatic nitrogens is 5. The van der Waals surface area contributed by atoms with Gasteiger partial charge in [-0.1, -0.05) is 30.4 Å². The Balaban J connectivity index is 1.53. The van der Waals surface area contributed by atoms with Crippen molar-refractivity contribution in [2.75, 3.05) is 18.8 Å². The maximum absolute atomic E-state index is 12.4. The predicted molar refractivity (Wildman–Crippen MR) is 108 cm³/mol. The second kappa shape index (κ2) is 9.05. The largest absolute Gasteiger partial charge is 0.342 e. The highest BCUT2D eigenvalue weighted by Gasteiger charge is 2.21. The van der Waals surface area contributed by atoms with Crippen LogP contribution >= 0.6 is 23.5 Å². The van der Waals surface area contributed by atoms with Crippen LogP contribution in [-0.4, -0.2) is 54.4 Å². The zero-order valence-corrected chi connectivity index (χ0v) is 17.9. The molecule has 27 heavy (non-hydrogen) atoms. The SMILES string of the molecule is Cc1cc(C)nc(SCc2nnc(SCC(=O)N3CCC(C)CC3)n2C)n1. The van der Waals surface area contributed by atoms with Crippen molar-refractivity contribution in [2.24, 2.45) is 13.0 Å². The van der Waals surface area contributed by atoms with E-state index in [-0.39, 0.29) is 5.91 Å². The molecule has 3 heterocycles. The molecule has 0 atom stereocenters. The molecule has 9 heteroatoms.